The number of carbonyl (C=O) groups excluding carboxylic acids is 1. The minimum absolute atomic E-state index is 0.0924. The molecule has 0 fully saturated rings. The van der Waals surface area contributed by atoms with Gasteiger partial charge in [-0.15, -0.1) is 0 Å². The maximum Gasteiger partial charge on any atom is 0.316 e. The minimum Gasteiger partial charge on any atom is -0.497 e. The summed E-state index contributed by atoms with van der Waals surface area (Å²) in [5, 5.41) is 24.2. The second kappa shape index (κ2) is 9.27. The summed E-state index contributed by atoms with van der Waals surface area (Å²) in [5.74, 6) is -0.939. The van der Waals surface area contributed by atoms with Crippen molar-refractivity contribution in [3.05, 3.63) is 42.0 Å². The van der Waals surface area contributed by atoms with Gasteiger partial charge in [-0.05, 0) is 60.7 Å². The second-order valence-electron chi connectivity index (χ2n) is 8.10. The molecule has 0 heterocycles. The van der Waals surface area contributed by atoms with Crippen LogP contribution in [0.4, 0.5) is 0 Å². The monoisotopic (exact) mass is 430 g/mol. The first kappa shape index (κ1) is 24.7. The number of fused-ring (bicyclic) bond motifs is 1. The Kier molecular flexibility index (Phi) is 7.37. The van der Waals surface area contributed by atoms with Gasteiger partial charge in [0.05, 0.1) is 7.11 Å². The highest BCUT2D eigenvalue weighted by Crippen LogP contribution is 2.49. The zero-order chi connectivity index (χ0) is 23.4. The van der Waals surface area contributed by atoms with E-state index >= 15 is 0 Å². The summed E-state index contributed by atoms with van der Waals surface area (Å²) in [6.07, 6.45) is 0.804. The highest BCUT2D eigenvalue weighted by Gasteiger charge is 2.64. The number of esters is 1. The SMILES string of the molecule is CCC(=O)OC(CC)(CC)C(O)(CC)C(C)(C(=O)O)c1ccc2cc(OC)ccc2c1. The second-order valence-corrected chi connectivity index (χ2v) is 8.10. The fourth-order valence-electron chi connectivity index (χ4n) is 4.69. The van der Waals surface area contributed by atoms with Gasteiger partial charge in [0.1, 0.15) is 22.4 Å². The van der Waals surface area contributed by atoms with Gasteiger partial charge in [0, 0.05) is 6.42 Å². The molecular formula is C25H34O6. The van der Waals surface area contributed by atoms with E-state index < -0.39 is 28.6 Å². The van der Waals surface area contributed by atoms with Crippen molar-refractivity contribution in [2.24, 2.45) is 0 Å². The number of carboxylic acids is 1. The van der Waals surface area contributed by atoms with E-state index in [1.165, 1.54) is 6.92 Å². The molecule has 0 aromatic heterocycles. The third kappa shape index (κ3) is 3.89. The lowest BCUT2D eigenvalue weighted by atomic mass is 9.58. The first-order valence-electron chi connectivity index (χ1n) is 10.8. The fourth-order valence-corrected chi connectivity index (χ4v) is 4.69. The molecule has 2 aromatic rings. The smallest absolute Gasteiger partial charge is 0.316 e. The number of hydrogen-bond donors (Lipinski definition) is 2. The maximum absolute atomic E-state index is 12.8. The van der Waals surface area contributed by atoms with Gasteiger partial charge in [0.15, 0.2) is 0 Å². The number of carbonyl (C=O) groups is 2. The molecule has 0 radical (unpaired) electrons. The van der Waals surface area contributed by atoms with Crippen LogP contribution in [0, 0.1) is 0 Å². The van der Waals surface area contributed by atoms with E-state index in [0.29, 0.717) is 11.3 Å². The number of rotatable bonds is 10. The summed E-state index contributed by atoms with van der Waals surface area (Å²) in [6.45, 7) is 8.54. The molecule has 2 aromatic carbocycles. The molecule has 31 heavy (non-hydrogen) atoms. The average Bonchev–Trinajstić information content (AvgIpc) is 2.80. The van der Waals surface area contributed by atoms with Crippen LogP contribution in [0.25, 0.3) is 10.8 Å². The number of carboxylic acid groups (broad SMARTS) is 1. The fraction of sp³-hybridized carbons (Fsp3) is 0.520. The molecule has 0 saturated carbocycles. The molecule has 0 aliphatic rings. The highest BCUT2D eigenvalue weighted by atomic mass is 16.6. The van der Waals surface area contributed by atoms with Crippen LogP contribution >= 0.6 is 0 Å². The number of benzene rings is 2. The predicted molar refractivity (Wildman–Crippen MR) is 120 cm³/mol. The molecule has 0 spiro atoms. The Balaban J connectivity index is 2.77. The standard InChI is InChI=1S/C25H34O6/c1-7-21(26)31-24(8-2,9-3)25(29,10-4)23(5,22(27)28)19-13-11-18-16-20(30-6)14-12-17(18)15-19/h11-16,29H,7-10H2,1-6H3,(H,27,28). The van der Waals surface area contributed by atoms with Crippen molar-refractivity contribution in [1.82, 2.24) is 0 Å². The van der Waals surface area contributed by atoms with Crippen LogP contribution < -0.4 is 4.74 Å². The Morgan fingerprint density at radius 3 is 2.00 bits per heavy atom. The number of aliphatic hydroxyl groups is 1. The number of aliphatic carboxylic acids is 1. The molecule has 2 atom stereocenters. The molecule has 2 unspecified atom stereocenters. The van der Waals surface area contributed by atoms with Gasteiger partial charge in [0.2, 0.25) is 0 Å². The Morgan fingerprint density at radius 1 is 0.935 bits per heavy atom. The molecule has 6 nitrogen and oxygen atoms in total. The molecule has 2 rings (SSSR count). The number of hydrogen-bond acceptors (Lipinski definition) is 5. The van der Waals surface area contributed by atoms with Crippen LogP contribution in [0.15, 0.2) is 36.4 Å². The molecule has 0 aliphatic carbocycles. The van der Waals surface area contributed by atoms with Crippen LogP contribution in [-0.2, 0) is 19.7 Å². The first-order valence-corrected chi connectivity index (χ1v) is 10.8. The Labute approximate surface area is 184 Å². The van der Waals surface area contributed by atoms with E-state index in [2.05, 4.69) is 0 Å². The summed E-state index contributed by atoms with van der Waals surface area (Å²) in [6, 6.07) is 10.9. The van der Waals surface area contributed by atoms with Crippen molar-refractivity contribution in [1.29, 1.82) is 0 Å². The van der Waals surface area contributed by atoms with Gasteiger partial charge >= 0.3 is 11.9 Å². The molecule has 6 heteroatoms. The van der Waals surface area contributed by atoms with Crippen molar-refractivity contribution < 1.29 is 29.3 Å². The van der Waals surface area contributed by atoms with E-state index in [-0.39, 0.29) is 25.7 Å². The van der Waals surface area contributed by atoms with Crippen LogP contribution in [0.5, 0.6) is 5.75 Å². The zero-order valence-corrected chi connectivity index (χ0v) is 19.3. The van der Waals surface area contributed by atoms with E-state index in [1.807, 2.05) is 38.1 Å². The van der Waals surface area contributed by atoms with Gasteiger partial charge in [-0.25, -0.2) is 0 Å². The molecule has 0 saturated heterocycles. The zero-order valence-electron chi connectivity index (χ0n) is 19.3. The summed E-state index contributed by atoms with van der Waals surface area (Å²) in [5.41, 5.74) is -4.48. The summed E-state index contributed by atoms with van der Waals surface area (Å²) >= 11 is 0. The van der Waals surface area contributed by atoms with Crippen molar-refractivity contribution in [3.63, 3.8) is 0 Å². The van der Waals surface area contributed by atoms with Crippen LogP contribution in [0.2, 0.25) is 0 Å². The lowest BCUT2D eigenvalue weighted by Crippen LogP contribution is -2.68. The Morgan fingerprint density at radius 2 is 1.52 bits per heavy atom. The van der Waals surface area contributed by atoms with E-state index in [9.17, 15) is 19.8 Å². The van der Waals surface area contributed by atoms with Crippen molar-refractivity contribution in [3.8, 4) is 5.75 Å². The third-order valence-corrected chi connectivity index (χ3v) is 6.89. The quantitative estimate of drug-likeness (QED) is 0.524. The number of methoxy groups -OCH3 is 1. The van der Waals surface area contributed by atoms with Crippen molar-refractivity contribution in [2.75, 3.05) is 7.11 Å². The largest absolute Gasteiger partial charge is 0.497 e. The first-order chi connectivity index (χ1) is 14.6. The topological polar surface area (TPSA) is 93.1 Å². The number of ether oxygens (including phenoxy) is 2. The molecule has 0 aliphatic heterocycles. The lowest BCUT2D eigenvalue weighted by molar-refractivity contribution is -0.225. The minimum atomic E-state index is -1.85. The highest BCUT2D eigenvalue weighted by molar-refractivity contribution is 5.89. The van der Waals surface area contributed by atoms with E-state index in [4.69, 9.17) is 9.47 Å². The van der Waals surface area contributed by atoms with Gasteiger partial charge in [0.25, 0.3) is 0 Å². The molecule has 170 valence electrons. The average molecular weight is 431 g/mol. The summed E-state index contributed by atoms with van der Waals surface area (Å²) in [7, 11) is 1.59. The van der Waals surface area contributed by atoms with Gasteiger partial charge < -0.3 is 19.7 Å². The van der Waals surface area contributed by atoms with Crippen LogP contribution in [0.1, 0.15) is 65.9 Å². The Hall–Kier alpha value is -2.60. The van der Waals surface area contributed by atoms with Crippen LogP contribution in [0.3, 0.4) is 0 Å². The lowest BCUT2D eigenvalue weighted by Gasteiger charge is -2.53. The van der Waals surface area contributed by atoms with Gasteiger partial charge in [-0.3, -0.25) is 9.59 Å². The third-order valence-electron chi connectivity index (χ3n) is 6.89. The maximum atomic E-state index is 12.8. The molecule has 0 bridgehead atoms. The summed E-state index contributed by atoms with van der Waals surface area (Å²) < 4.78 is 11.1. The van der Waals surface area contributed by atoms with Crippen LogP contribution in [-0.4, -0.2) is 40.5 Å². The Bertz CT molecular complexity index is 948. The summed E-state index contributed by atoms with van der Waals surface area (Å²) in [4.78, 5) is 25.1. The van der Waals surface area contributed by atoms with E-state index in [0.717, 1.165) is 10.8 Å². The van der Waals surface area contributed by atoms with Crippen molar-refractivity contribution >= 4 is 22.7 Å². The predicted octanol–water partition coefficient (Wildman–Crippen LogP) is 4.84. The molecule has 2 N–H and O–H groups in total. The van der Waals surface area contributed by atoms with E-state index in [1.54, 1.807) is 33.1 Å². The van der Waals surface area contributed by atoms with Gasteiger partial charge in [-0.2, -0.15) is 0 Å². The normalized spacial score (nSPS) is 15.7. The molecule has 0 amide bonds. The van der Waals surface area contributed by atoms with Gasteiger partial charge in [-0.1, -0.05) is 45.9 Å². The molecular weight excluding hydrogens is 396 g/mol. The van der Waals surface area contributed by atoms with Crippen molar-refractivity contribution in [2.45, 2.75) is 76.9 Å².